The molecule has 3 rings (SSSR count). The molecule has 0 spiro atoms. The van der Waals surface area contributed by atoms with Crippen LogP contribution >= 0.6 is 24.2 Å². The molecule has 1 saturated heterocycles. The monoisotopic (exact) mass is 398 g/mol. The van der Waals surface area contributed by atoms with Crippen LogP contribution in [-0.2, 0) is 15.3 Å². The van der Waals surface area contributed by atoms with Gasteiger partial charge >= 0.3 is 0 Å². The SMILES string of the molecule is Cl.NCC1(C(=O)Nc2cccc(CSC3CCCCC3)c2)CCOCC1. The molecule has 1 saturated carbocycles. The molecule has 0 aromatic heterocycles. The highest BCUT2D eigenvalue weighted by Gasteiger charge is 2.38. The number of anilines is 1. The lowest BCUT2D eigenvalue weighted by Crippen LogP contribution is -2.46. The summed E-state index contributed by atoms with van der Waals surface area (Å²) in [5.41, 5.74) is 7.61. The van der Waals surface area contributed by atoms with Crippen LogP contribution in [0.3, 0.4) is 0 Å². The second-order valence-electron chi connectivity index (χ2n) is 7.32. The van der Waals surface area contributed by atoms with Crippen molar-refractivity contribution in [2.75, 3.05) is 25.1 Å². The molecular formula is C20H31ClN2O2S. The number of carbonyl (C=O) groups excluding carboxylic acids is 1. The maximum absolute atomic E-state index is 12.8. The normalized spacial score (nSPS) is 20.2. The van der Waals surface area contributed by atoms with Crippen LogP contribution in [0.15, 0.2) is 24.3 Å². The molecule has 0 bridgehead atoms. The summed E-state index contributed by atoms with van der Waals surface area (Å²) in [4.78, 5) is 12.8. The average Bonchev–Trinajstić information content (AvgIpc) is 2.68. The summed E-state index contributed by atoms with van der Waals surface area (Å²) in [5.74, 6) is 1.06. The topological polar surface area (TPSA) is 64.4 Å². The number of rotatable bonds is 6. The van der Waals surface area contributed by atoms with Crippen molar-refractivity contribution in [3.05, 3.63) is 29.8 Å². The minimum absolute atomic E-state index is 0. The minimum Gasteiger partial charge on any atom is -0.381 e. The van der Waals surface area contributed by atoms with Crippen molar-refractivity contribution in [3.63, 3.8) is 0 Å². The molecule has 0 atom stereocenters. The lowest BCUT2D eigenvalue weighted by atomic mass is 9.79. The van der Waals surface area contributed by atoms with Crippen molar-refractivity contribution in [2.24, 2.45) is 11.1 Å². The Morgan fingerprint density at radius 3 is 2.65 bits per heavy atom. The zero-order valence-electron chi connectivity index (χ0n) is 15.4. The minimum atomic E-state index is -0.481. The van der Waals surface area contributed by atoms with Gasteiger partial charge in [0, 0.05) is 36.4 Å². The third-order valence-corrected chi connectivity index (χ3v) is 6.99. The Morgan fingerprint density at radius 2 is 1.96 bits per heavy atom. The molecule has 146 valence electrons. The van der Waals surface area contributed by atoms with Crippen LogP contribution in [-0.4, -0.2) is 30.9 Å². The Morgan fingerprint density at radius 1 is 1.23 bits per heavy atom. The van der Waals surface area contributed by atoms with E-state index in [9.17, 15) is 4.79 Å². The standard InChI is InChI=1S/C20H30N2O2S.ClH/c21-15-20(9-11-24-12-10-20)19(23)22-17-6-4-5-16(13-17)14-25-18-7-2-1-3-8-18;/h4-6,13,18H,1-3,7-12,14-15,21H2,(H,22,23);1H. The van der Waals surface area contributed by atoms with Crippen LogP contribution in [0.25, 0.3) is 0 Å². The van der Waals surface area contributed by atoms with E-state index in [4.69, 9.17) is 10.5 Å². The number of amides is 1. The van der Waals surface area contributed by atoms with Gasteiger partial charge in [0.1, 0.15) is 0 Å². The highest BCUT2D eigenvalue weighted by Crippen LogP contribution is 2.32. The molecule has 1 heterocycles. The number of benzene rings is 1. The number of nitrogens with two attached hydrogens (primary N) is 1. The van der Waals surface area contributed by atoms with Crippen molar-refractivity contribution in [1.29, 1.82) is 0 Å². The molecule has 1 aliphatic carbocycles. The van der Waals surface area contributed by atoms with Gasteiger partial charge in [0.25, 0.3) is 0 Å². The molecule has 1 aromatic rings. The molecule has 6 heteroatoms. The van der Waals surface area contributed by atoms with Gasteiger partial charge in [0.05, 0.1) is 5.41 Å². The molecule has 2 aliphatic rings. The molecule has 3 N–H and O–H groups in total. The summed E-state index contributed by atoms with van der Waals surface area (Å²) >= 11 is 2.06. The van der Waals surface area contributed by atoms with Crippen molar-refractivity contribution in [1.82, 2.24) is 0 Å². The first-order valence-corrected chi connectivity index (χ1v) is 10.6. The Labute approximate surface area is 167 Å². The highest BCUT2D eigenvalue weighted by molar-refractivity contribution is 7.99. The van der Waals surface area contributed by atoms with Gasteiger partial charge in [-0.2, -0.15) is 11.8 Å². The maximum Gasteiger partial charge on any atom is 0.232 e. The third kappa shape index (κ3) is 5.62. The molecule has 26 heavy (non-hydrogen) atoms. The molecule has 4 nitrogen and oxygen atoms in total. The predicted molar refractivity (Wildman–Crippen MR) is 112 cm³/mol. The Balaban J connectivity index is 0.00000243. The Bertz CT molecular complexity index is 573. The van der Waals surface area contributed by atoms with Gasteiger partial charge in [-0.25, -0.2) is 0 Å². The van der Waals surface area contributed by atoms with Crippen LogP contribution < -0.4 is 11.1 Å². The van der Waals surface area contributed by atoms with Crippen molar-refractivity contribution in [2.45, 2.75) is 55.9 Å². The van der Waals surface area contributed by atoms with Crippen molar-refractivity contribution >= 4 is 35.8 Å². The van der Waals surface area contributed by atoms with E-state index in [1.54, 1.807) is 0 Å². The van der Waals surface area contributed by atoms with Crippen molar-refractivity contribution in [3.8, 4) is 0 Å². The summed E-state index contributed by atoms with van der Waals surface area (Å²) in [7, 11) is 0. The van der Waals surface area contributed by atoms with Gasteiger partial charge in [-0.3, -0.25) is 4.79 Å². The summed E-state index contributed by atoms with van der Waals surface area (Å²) in [6, 6.07) is 8.26. The fourth-order valence-electron chi connectivity index (χ4n) is 3.73. The zero-order chi connectivity index (χ0) is 17.5. The molecule has 0 unspecified atom stereocenters. The zero-order valence-corrected chi connectivity index (χ0v) is 17.0. The van der Waals surface area contributed by atoms with E-state index in [1.165, 1.54) is 37.7 Å². The molecule has 2 fully saturated rings. The third-order valence-electron chi connectivity index (χ3n) is 5.55. The van der Waals surface area contributed by atoms with Crippen LogP contribution in [0.2, 0.25) is 0 Å². The smallest absolute Gasteiger partial charge is 0.232 e. The number of halogens is 1. The molecule has 1 amide bonds. The van der Waals surface area contributed by atoms with Gasteiger partial charge in [-0.05, 0) is 43.4 Å². The number of ether oxygens (including phenoxy) is 1. The highest BCUT2D eigenvalue weighted by atomic mass is 35.5. The molecule has 1 aliphatic heterocycles. The van der Waals surface area contributed by atoms with E-state index in [-0.39, 0.29) is 18.3 Å². The fourth-order valence-corrected chi connectivity index (χ4v) is 5.01. The first kappa shape index (κ1) is 21.5. The van der Waals surface area contributed by atoms with Crippen LogP contribution in [0.5, 0.6) is 0 Å². The second kappa shape index (κ2) is 10.5. The number of thioether (sulfide) groups is 1. The summed E-state index contributed by atoms with van der Waals surface area (Å²) in [5, 5.41) is 3.90. The molecule has 0 radical (unpaired) electrons. The largest absolute Gasteiger partial charge is 0.381 e. The van der Waals surface area contributed by atoms with E-state index in [2.05, 4.69) is 29.2 Å². The van der Waals surface area contributed by atoms with Gasteiger partial charge < -0.3 is 15.8 Å². The summed E-state index contributed by atoms with van der Waals surface area (Å²) in [6.45, 7) is 1.60. The summed E-state index contributed by atoms with van der Waals surface area (Å²) < 4.78 is 5.40. The summed E-state index contributed by atoms with van der Waals surface area (Å²) in [6.07, 6.45) is 8.24. The lowest BCUT2D eigenvalue weighted by molar-refractivity contribution is -0.130. The lowest BCUT2D eigenvalue weighted by Gasteiger charge is -2.34. The van der Waals surface area contributed by atoms with E-state index < -0.39 is 5.41 Å². The first-order chi connectivity index (χ1) is 12.2. The van der Waals surface area contributed by atoms with Gasteiger partial charge in [0.15, 0.2) is 0 Å². The van der Waals surface area contributed by atoms with Gasteiger partial charge in [-0.15, -0.1) is 12.4 Å². The Hall–Kier alpha value is -0.750. The van der Waals surface area contributed by atoms with Crippen molar-refractivity contribution < 1.29 is 9.53 Å². The fraction of sp³-hybridized carbons (Fsp3) is 0.650. The predicted octanol–water partition coefficient (Wildman–Crippen LogP) is 4.37. The number of nitrogens with one attached hydrogen (secondary N) is 1. The number of hydrogen-bond acceptors (Lipinski definition) is 4. The number of hydrogen-bond donors (Lipinski definition) is 2. The van der Waals surface area contributed by atoms with Crippen LogP contribution in [0.4, 0.5) is 5.69 Å². The van der Waals surface area contributed by atoms with Crippen LogP contribution in [0, 0.1) is 5.41 Å². The van der Waals surface area contributed by atoms with Crippen LogP contribution in [0.1, 0.15) is 50.5 Å². The van der Waals surface area contributed by atoms with E-state index in [0.29, 0.717) is 32.6 Å². The quantitative estimate of drug-likeness (QED) is 0.746. The number of carbonyl (C=O) groups is 1. The first-order valence-electron chi connectivity index (χ1n) is 9.52. The van der Waals surface area contributed by atoms with Gasteiger partial charge in [0.2, 0.25) is 5.91 Å². The van der Waals surface area contributed by atoms with Gasteiger partial charge in [-0.1, -0.05) is 31.4 Å². The molecular weight excluding hydrogens is 368 g/mol. The van der Waals surface area contributed by atoms with E-state index in [1.807, 2.05) is 12.1 Å². The van der Waals surface area contributed by atoms with E-state index in [0.717, 1.165) is 16.7 Å². The second-order valence-corrected chi connectivity index (χ2v) is 8.61. The maximum atomic E-state index is 12.8. The Kier molecular flexibility index (Phi) is 8.74. The van der Waals surface area contributed by atoms with E-state index >= 15 is 0 Å². The molecule has 1 aromatic carbocycles. The average molecular weight is 399 g/mol.